The van der Waals surface area contributed by atoms with E-state index < -0.39 is 35.1 Å². The number of phenolic OH excluding ortho intramolecular Hbond substituents is 4. The van der Waals surface area contributed by atoms with Crippen LogP contribution in [0, 0.1) is 0 Å². The second kappa shape index (κ2) is 10.2. The first-order valence-corrected chi connectivity index (χ1v) is 9.07. The summed E-state index contributed by atoms with van der Waals surface area (Å²) in [5.41, 5.74) is -0.127. The molecule has 2 aromatic rings. The number of hydrogen-bond donors (Lipinski definition) is 7. The van der Waals surface area contributed by atoms with Crippen molar-refractivity contribution in [1.29, 1.82) is 0 Å². The molecule has 29 heavy (non-hydrogen) atoms. The van der Waals surface area contributed by atoms with Gasteiger partial charge >= 0.3 is 0 Å². The minimum atomic E-state index is -0.620. The molecule has 0 aromatic heterocycles. The second-order valence-corrected chi connectivity index (χ2v) is 6.45. The first-order chi connectivity index (χ1) is 13.8. The summed E-state index contributed by atoms with van der Waals surface area (Å²) < 4.78 is 0. The summed E-state index contributed by atoms with van der Waals surface area (Å²) >= 11 is 0. The van der Waals surface area contributed by atoms with Crippen molar-refractivity contribution < 1.29 is 35.1 Å². The van der Waals surface area contributed by atoms with Crippen LogP contribution in [-0.2, 0) is 0 Å². The fourth-order valence-corrected chi connectivity index (χ4v) is 2.71. The van der Waals surface area contributed by atoms with Crippen LogP contribution in [0.2, 0.25) is 0 Å². The average Bonchev–Trinajstić information content (AvgIpc) is 2.70. The van der Waals surface area contributed by atoms with E-state index in [9.17, 15) is 35.1 Å². The number of carbonyl (C=O) groups is 2. The van der Waals surface area contributed by atoms with Crippen LogP contribution in [0.3, 0.4) is 0 Å². The van der Waals surface area contributed by atoms with Gasteiger partial charge in [-0.2, -0.15) is 0 Å². The first kappa shape index (κ1) is 21.8. The van der Waals surface area contributed by atoms with Crippen LogP contribution in [0.1, 0.15) is 40.0 Å². The van der Waals surface area contributed by atoms with Gasteiger partial charge in [0.1, 0.15) is 0 Å². The summed E-state index contributed by atoms with van der Waals surface area (Å²) in [5, 5.41) is 52.9. The first-order valence-electron chi connectivity index (χ1n) is 9.07. The van der Waals surface area contributed by atoms with Gasteiger partial charge < -0.3 is 36.2 Å². The summed E-state index contributed by atoms with van der Waals surface area (Å²) in [5.74, 6) is -2.94. The summed E-state index contributed by atoms with van der Waals surface area (Å²) in [4.78, 5) is 24.2. The number of aromatic hydroxyl groups is 4. The molecule has 0 fully saturated rings. The molecular formula is C20H24N2O7. The van der Waals surface area contributed by atoms with Gasteiger partial charge in [0.15, 0.2) is 23.0 Å². The Kier molecular flexibility index (Phi) is 7.67. The molecule has 0 aliphatic carbocycles. The van der Waals surface area contributed by atoms with E-state index in [1.165, 1.54) is 36.4 Å². The molecule has 0 unspecified atom stereocenters. The van der Waals surface area contributed by atoms with Crippen LogP contribution in [0.15, 0.2) is 36.4 Å². The number of rotatable bonds is 9. The zero-order valence-electron chi connectivity index (χ0n) is 15.6. The van der Waals surface area contributed by atoms with E-state index in [4.69, 9.17) is 0 Å². The van der Waals surface area contributed by atoms with E-state index in [-0.39, 0.29) is 23.5 Å². The van der Waals surface area contributed by atoms with Crippen molar-refractivity contribution in [2.24, 2.45) is 0 Å². The van der Waals surface area contributed by atoms with Crippen molar-refractivity contribution in [3.05, 3.63) is 47.5 Å². The predicted molar refractivity (Wildman–Crippen MR) is 104 cm³/mol. The maximum absolute atomic E-state index is 12.2. The highest BCUT2D eigenvalue weighted by molar-refractivity contribution is 5.98. The van der Waals surface area contributed by atoms with Crippen LogP contribution >= 0.6 is 0 Å². The van der Waals surface area contributed by atoms with Crippen LogP contribution in [0.25, 0.3) is 0 Å². The van der Waals surface area contributed by atoms with Gasteiger partial charge in [-0.15, -0.1) is 0 Å². The number of aliphatic hydroxyl groups is 1. The molecule has 0 spiro atoms. The van der Waals surface area contributed by atoms with Crippen LogP contribution in [-0.4, -0.2) is 56.5 Å². The van der Waals surface area contributed by atoms with Crippen molar-refractivity contribution in [2.45, 2.75) is 25.3 Å². The molecule has 156 valence electrons. The lowest BCUT2D eigenvalue weighted by Gasteiger charge is -2.17. The second-order valence-electron chi connectivity index (χ2n) is 6.45. The van der Waals surface area contributed by atoms with E-state index in [1.807, 2.05) is 0 Å². The molecule has 2 rings (SSSR count). The lowest BCUT2D eigenvalue weighted by Crippen LogP contribution is -2.37. The Bertz CT molecular complexity index is 870. The smallest absolute Gasteiger partial charge is 0.255 e. The van der Waals surface area contributed by atoms with Gasteiger partial charge in [-0.1, -0.05) is 12.1 Å². The van der Waals surface area contributed by atoms with Crippen LogP contribution in [0.4, 0.5) is 0 Å². The Morgan fingerprint density at radius 2 is 1.38 bits per heavy atom. The molecule has 0 saturated carbocycles. The highest BCUT2D eigenvalue weighted by atomic mass is 16.3. The number of para-hydroxylation sites is 2. The summed E-state index contributed by atoms with van der Waals surface area (Å²) in [6, 6.07) is 7.57. The summed E-state index contributed by atoms with van der Waals surface area (Å²) in [6.07, 6.45) is 1.55. The van der Waals surface area contributed by atoms with E-state index in [1.54, 1.807) is 0 Å². The van der Waals surface area contributed by atoms with Gasteiger partial charge in [-0.05, 0) is 43.5 Å². The standard InChI is InChI=1S/C20H24N2O7/c23-11-12(22-20(29)14-7-4-9-16(25)18(14)27)5-1-2-10-21-19(28)13-6-3-8-15(24)17(13)26/h3-4,6-9,12,23-27H,1-2,5,10-11H2,(H,21,28)(H,22,29)/t12-/m1/s1. The fraction of sp³-hybridized carbons (Fsp3) is 0.300. The Balaban J connectivity index is 1.77. The SMILES string of the molecule is O=C(NCCCC[C@H](CO)NC(=O)c1cccc(O)c1O)c1cccc(O)c1O. The van der Waals surface area contributed by atoms with Crippen molar-refractivity contribution >= 4 is 11.8 Å². The minimum absolute atomic E-state index is 0.0311. The Morgan fingerprint density at radius 3 is 1.93 bits per heavy atom. The number of benzene rings is 2. The van der Waals surface area contributed by atoms with Gasteiger partial charge in [-0.25, -0.2) is 0 Å². The normalized spacial score (nSPS) is 11.6. The van der Waals surface area contributed by atoms with E-state index in [2.05, 4.69) is 10.6 Å². The van der Waals surface area contributed by atoms with Gasteiger partial charge in [-0.3, -0.25) is 9.59 Å². The number of nitrogens with one attached hydrogen (secondary N) is 2. The number of aliphatic hydroxyl groups excluding tert-OH is 1. The molecule has 9 heteroatoms. The predicted octanol–water partition coefficient (Wildman–Crippen LogP) is 1.20. The lowest BCUT2D eigenvalue weighted by molar-refractivity contribution is 0.0908. The van der Waals surface area contributed by atoms with Gasteiger partial charge in [0.05, 0.1) is 23.8 Å². The molecule has 1 atom stereocenters. The van der Waals surface area contributed by atoms with Gasteiger partial charge in [0, 0.05) is 6.54 Å². The summed E-state index contributed by atoms with van der Waals surface area (Å²) in [7, 11) is 0. The number of hydrogen-bond acceptors (Lipinski definition) is 7. The molecule has 0 aliphatic heterocycles. The largest absolute Gasteiger partial charge is 0.504 e. The monoisotopic (exact) mass is 404 g/mol. The zero-order valence-corrected chi connectivity index (χ0v) is 15.6. The summed E-state index contributed by atoms with van der Waals surface area (Å²) in [6.45, 7) is -0.0117. The molecular weight excluding hydrogens is 380 g/mol. The maximum Gasteiger partial charge on any atom is 0.255 e. The van der Waals surface area contributed by atoms with Crippen LogP contribution < -0.4 is 10.6 Å². The molecule has 7 N–H and O–H groups in total. The lowest BCUT2D eigenvalue weighted by atomic mass is 10.1. The van der Waals surface area contributed by atoms with Crippen molar-refractivity contribution in [2.75, 3.05) is 13.2 Å². The topological polar surface area (TPSA) is 159 Å². The van der Waals surface area contributed by atoms with Gasteiger partial charge in [0.25, 0.3) is 11.8 Å². The third kappa shape index (κ3) is 5.76. The number of amides is 2. The zero-order chi connectivity index (χ0) is 21.4. The van der Waals surface area contributed by atoms with Crippen molar-refractivity contribution in [3.63, 3.8) is 0 Å². The molecule has 2 amide bonds. The molecule has 0 bridgehead atoms. The number of phenols is 4. The molecule has 0 saturated heterocycles. The van der Waals surface area contributed by atoms with E-state index >= 15 is 0 Å². The third-order valence-corrected chi connectivity index (χ3v) is 4.34. The Hall–Kier alpha value is -3.46. The number of unbranched alkanes of at least 4 members (excludes halogenated alkanes) is 1. The maximum atomic E-state index is 12.2. The van der Waals surface area contributed by atoms with Crippen molar-refractivity contribution in [3.8, 4) is 23.0 Å². The minimum Gasteiger partial charge on any atom is -0.504 e. The highest BCUT2D eigenvalue weighted by Crippen LogP contribution is 2.28. The molecule has 0 heterocycles. The average molecular weight is 404 g/mol. The molecule has 0 radical (unpaired) electrons. The highest BCUT2D eigenvalue weighted by Gasteiger charge is 2.18. The number of carbonyl (C=O) groups excluding carboxylic acids is 2. The molecule has 2 aromatic carbocycles. The third-order valence-electron chi connectivity index (χ3n) is 4.34. The molecule has 9 nitrogen and oxygen atoms in total. The van der Waals surface area contributed by atoms with E-state index in [0.29, 0.717) is 25.8 Å². The van der Waals surface area contributed by atoms with Gasteiger partial charge in [0.2, 0.25) is 0 Å². The van der Waals surface area contributed by atoms with Crippen LogP contribution in [0.5, 0.6) is 23.0 Å². The Labute approximate surface area is 167 Å². The fourth-order valence-electron chi connectivity index (χ4n) is 2.71. The molecule has 0 aliphatic rings. The van der Waals surface area contributed by atoms with E-state index in [0.717, 1.165) is 0 Å². The Morgan fingerprint density at radius 1 is 0.828 bits per heavy atom. The quantitative estimate of drug-likeness (QED) is 0.244. The van der Waals surface area contributed by atoms with Crippen molar-refractivity contribution in [1.82, 2.24) is 10.6 Å².